The smallest absolute Gasteiger partial charge is 0.338 e. The Morgan fingerprint density at radius 2 is 2.05 bits per heavy atom. The number of ether oxygens (including phenoxy) is 1. The van der Waals surface area contributed by atoms with E-state index in [-0.39, 0.29) is 17.5 Å². The summed E-state index contributed by atoms with van der Waals surface area (Å²) in [5.74, 6) is -1.02. The molecule has 0 unspecified atom stereocenters. The van der Waals surface area contributed by atoms with E-state index in [9.17, 15) is 18.0 Å². The van der Waals surface area contributed by atoms with Crippen LogP contribution in [0.1, 0.15) is 22.3 Å². The summed E-state index contributed by atoms with van der Waals surface area (Å²) in [5, 5.41) is 2.56. The van der Waals surface area contributed by atoms with Crippen molar-refractivity contribution in [2.24, 2.45) is 0 Å². The normalized spacial score (nSPS) is 20.0. The average Bonchev–Trinajstić information content (AvgIpc) is 2.75. The number of benzene rings is 1. The Kier molecular flexibility index (Phi) is 4.62. The Hall–Kier alpha value is -1.89. The van der Waals surface area contributed by atoms with E-state index in [0.29, 0.717) is 12.0 Å². The van der Waals surface area contributed by atoms with Crippen LogP contribution in [0.4, 0.5) is 0 Å². The van der Waals surface area contributed by atoms with Gasteiger partial charge in [0.1, 0.15) is 0 Å². The van der Waals surface area contributed by atoms with Crippen molar-refractivity contribution >= 4 is 21.7 Å². The van der Waals surface area contributed by atoms with Crippen molar-refractivity contribution in [2.75, 3.05) is 18.1 Å². The summed E-state index contributed by atoms with van der Waals surface area (Å²) in [4.78, 5) is 23.5. The van der Waals surface area contributed by atoms with E-state index >= 15 is 0 Å². The van der Waals surface area contributed by atoms with Crippen LogP contribution in [0.15, 0.2) is 24.3 Å². The summed E-state index contributed by atoms with van der Waals surface area (Å²) in [6, 6.07) is 6.53. The van der Waals surface area contributed by atoms with Crippen LogP contribution in [-0.2, 0) is 19.4 Å². The summed E-state index contributed by atoms with van der Waals surface area (Å²) < 4.78 is 27.5. The first-order valence-electron chi connectivity index (χ1n) is 6.60. The predicted octanol–water partition coefficient (Wildman–Crippen LogP) is 0.455. The second kappa shape index (κ2) is 6.26. The van der Waals surface area contributed by atoms with E-state index in [4.69, 9.17) is 4.74 Å². The molecule has 1 saturated heterocycles. The van der Waals surface area contributed by atoms with Crippen molar-refractivity contribution in [1.29, 1.82) is 0 Å². The topological polar surface area (TPSA) is 89.5 Å². The maximum Gasteiger partial charge on any atom is 0.338 e. The number of carbonyl (C=O) groups is 2. The lowest BCUT2D eigenvalue weighted by Crippen LogP contribution is -2.38. The van der Waals surface area contributed by atoms with E-state index in [1.807, 2.05) is 0 Å². The molecule has 1 amide bonds. The van der Waals surface area contributed by atoms with Crippen molar-refractivity contribution in [3.05, 3.63) is 35.4 Å². The average molecular weight is 311 g/mol. The maximum atomic E-state index is 11.8. The van der Waals surface area contributed by atoms with Gasteiger partial charge in [-0.25, -0.2) is 13.2 Å². The minimum atomic E-state index is -3.04. The highest BCUT2D eigenvalue weighted by Gasteiger charge is 2.29. The van der Waals surface area contributed by atoms with Crippen LogP contribution in [-0.4, -0.2) is 44.4 Å². The van der Waals surface area contributed by atoms with E-state index < -0.39 is 28.3 Å². The molecule has 1 aliphatic heterocycles. The first kappa shape index (κ1) is 15.5. The first-order valence-corrected chi connectivity index (χ1v) is 8.42. The highest BCUT2D eigenvalue weighted by atomic mass is 32.2. The van der Waals surface area contributed by atoms with Crippen LogP contribution in [0.2, 0.25) is 0 Å². The molecule has 1 atom stereocenters. The molecular weight excluding hydrogens is 294 g/mol. The van der Waals surface area contributed by atoms with Crippen molar-refractivity contribution in [3.8, 4) is 0 Å². The van der Waals surface area contributed by atoms with Crippen LogP contribution in [0.3, 0.4) is 0 Å². The van der Waals surface area contributed by atoms with Crippen LogP contribution in [0.5, 0.6) is 0 Å². The first-order chi connectivity index (χ1) is 9.87. The molecule has 7 heteroatoms. The van der Waals surface area contributed by atoms with Gasteiger partial charge in [0.05, 0.1) is 17.1 Å². The standard InChI is InChI=1S/C14H17NO5S/c1-10-4-2-3-5-12(10)14(17)20-8-13(16)15-11-6-7-21(18,19)9-11/h2-5,11H,6-9H2,1H3,(H,15,16)/t11-/m1/s1. The Morgan fingerprint density at radius 3 is 2.67 bits per heavy atom. The second-order valence-electron chi connectivity index (χ2n) is 5.06. The zero-order valence-corrected chi connectivity index (χ0v) is 12.5. The summed E-state index contributed by atoms with van der Waals surface area (Å²) in [6.07, 6.45) is 0.403. The molecule has 1 heterocycles. The molecule has 6 nitrogen and oxygen atoms in total. The molecule has 2 rings (SSSR count). The SMILES string of the molecule is Cc1ccccc1C(=O)OCC(=O)N[C@@H]1CCS(=O)(=O)C1. The maximum absolute atomic E-state index is 11.8. The number of aryl methyl sites for hydroxylation is 1. The minimum Gasteiger partial charge on any atom is -0.452 e. The monoisotopic (exact) mass is 311 g/mol. The Balaban J connectivity index is 1.82. The molecule has 1 N–H and O–H groups in total. The van der Waals surface area contributed by atoms with Crippen molar-refractivity contribution in [3.63, 3.8) is 0 Å². The van der Waals surface area contributed by atoms with Gasteiger partial charge in [-0.05, 0) is 25.0 Å². The number of rotatable bonds is 4. The number of hydrogen-bond acceptors (Lipinski definition) is 5. The highest BCUT2D eigenvalue weighted by molar-refractivity contribution is 7.91. The third kappa shape index (κ3) is 4.29. The van der Waals surface area contributed by atoms with Crippen molar-refractivity contribution in [2.45, 2.75) is 19.4 Å². The minimum absolute atomic E-state index is 0.0511. The molecule has 1 aromatic rings. The lowest BCUT2D eigenvalue weighted by atomic mass is 10.1. The molecular formula is C14H17NO5S. The number of hydrogen-bond donors (Lipinski definition) is 1. The number of sulfone groups is 1. The van der Waals surface area contributed by atoms with Crippen LogP contribution in [0.25, 0.3) is 0 Å². The molecule has 0 radical (unpaired) electrons. The van der Waals surface area contributed by atoms with Gasteiger partial charge >= 0.3 is 5.97 Å². The fourth-order valence-electron chi connectivity index (χ4n) is 2.19. The molecule has 1 fully saturated rings. The predicted molar refractivity (Wildman–Crippen MR) is 76.7 cm³/mol. The van der Waals surface area contributed by atoms with Crippen LogP contribution in [0, 0.1) is 6.92 Å². The van der Waals surface area contributed by atoms with Gasteiger partial charge in [0, 0.05) is 6.04 Å². The van der Waals surface area contributed by atoms with Gasteiger partial charge in [-0.2, -0.15) is 0 Å². The second-order valence-corrected chi connectivity index (χ2v) is 7.29. The van der Waals surface area contributed by atoms with Crippen LogP contribution >= 0.6 is 0 Å². The number of amides is 1. The zero-order chi connectivity index (χ0) is 15.5. The molecule has 0 saturated carbocycles. The zero-order valence-electron chi connectivity index (χ0n) is 11.7. The Bertz CT molecular complexity index is 653. The van der Waals surface area contributed by atoms with Gasteiger partial charge in [0.2, 0.25) is 0 Å². The third-order valence-corrected chi connectivity index (χ3v) is 5.06. The van der Waals surface area contributed by atoms with Gasteiger partial charge < -0.3 is 10.1 Å². The summed E-state index contributed by atoms with van der Waals surface area (Å²) >= 11 is 0. The summed E-state index contributed by atoms with van der Waals surface area (Å²) in [6.45, 7) is 1.36. The lowest BCUT2D eigenvalue weighted by Gasteiger charge is -2.11. The quantitative estimate of drug-likeness (QED) is 0.816. The Morgan fingerprint density at radius 1 is 1.33 bits per heavy atom. The molecule has 0 aromatic heterocycles. The van der Waals surface area contributed by atoms with E-state index in [0.717, 1.165) is 5.56 Å². The van der Waals surface area contributed by atoms with Gasteiger partial charge in [-0.1, -0.05) is 18.2 Å². The van der Waals surface area contributed by atoms with Crippen LogP contribution < -0.4 is 5.32 Å². The largest absolute Gasteiger partial charge is 0.452 e. The molecule has 1 aromatic carbocycles. The van der Waals surface area contributed by atoms with Gasteiger partial charge in [0.25, 0.3) is 5.91 Å². The van der Waals surface area contributed by atoms with Crippen molar-refractivity contribution in [1.82, 2.24) is 5.32 Å². The Labute approximate surface area is 123 Å². The molecule has 1 aliphatic rings. The molecule has 0 aliphatic carbocycles. The number of carbonyl (C=O) groups excluding carboxylic acids is 2. The fraction of sp³-hybridized carbons (Fsp3) is 0.429. The van der Waals surface area contributed by atoms with Gasteiger partial charge in [-0.15, -0.1) is 0 Å². The summed E-state index contributed by atoms with van der Waals surface area (Å²) in [7, 11) is -3.04. The highest BCUT2D eigenvalue weighted by Crippen LogP contribution is 2.11. The van der Waals surface area contributed by atoms with E-state index in [2.05, 4.69) is 5.32 Å². The molecule has 114 valence electrons. The summed E-state index contributed by atoms with van der Waals surface area (Å²) in [5.41, 5.74) is 1.18. The van der Waals surface area contributed by atoms with Crippen molar-refractivity contribution < 1.29 is 22.7 Å². The van der Waals surface area contributed by atoms with E-state index in [1.54, 1.807) is 31.2 Å². The number of esters is 1. The van der Waals surface area contributed by atoms with Gasteiger partial charge in [-0.3, -0.25) is 4.79 Å². The van der Waals surface area contributed by atoms with E-state index in [1.165, 1.54) is 0 Å². The third-order valence-electron chi connectivity index (χ3n) is 3.30. The number of nitrogens with one attached hydrogen (secondary N) is 1. The molecule has 0 spiro atoms. The molecule has 21 heavy (non-hydrogen) atoms. The fourth-order valence-corrected chi connectivity index (χ4v) is 3.86. The van der Waals surface area contributed by atoms with Gasteiger partial charge in [0.15, 0.2) is 16.4 Å². The molecule has 0 bridgehead atoms. The lowest BCUT2D eigenvalue weighted by molar-refractivity contribution is -0.124.